The molecule has 1 heterocycles. The Kier molecular flexibility index (Phi) is 1.87. The van der Waals surface area contributed by atoms with Crippen molar-refractivity contribution in [2.45, 2.75) is 44.8 Å². The summed E-state index contributed by atoms with van der Waals surface area (Å²) in [6, 6.07) is -0.694. The molecular formula is C16H21NO2. The SMILES string of the molecule is [2H]c1c([2H])c2c(c3c1OCC3)[C@]([2H])(CCNC(=O)CC)C([2H])([2H])C2([2H])[2H]. The minimum absolute atomic E-state index is 0.0246. The van der Waals surface area contributed by atoms with Gasteiger partial charge < -0.3 is 10.1 Å². The summed E-state index contributed by atoms with van der Waals surface area (Å²) in [7, 11) is 0. The Hall–Kier alpha value is -1.51. The highest BCUT2D eigenvalue weighted by atomic mass is 16.5. The predicted molar refractivity (Wildman–Crippen MR) is 74.6 cm³/mol. The smallest absolute Gasteiger partial charge is 0.219 e. The number of carbonyl (C=O) groups is 1. The van der Waals surface area contributed by atoms with E-state index in [1.165, 1.54) is 0 Å². The van der Waals surface area contributed by atoms with Gasteiger partial charge in [0.15, 0.2) is 0 Å². The van der Waals surface area contributed by atoms with Gasteiger partial charge in [-0.1, -0.05) is 13.0 Å². The number of ether oxygens (including phenoxy) is 1. The normalized spacial score (nSPS) is 34.3. The van der Waals surface area contributed by atoms with Gasteiger partial charge in [0.2, 0.25) is 5.91 Å². The first-order chi connectivity index (χ1) is 12.0. The molecule has 3 rings (SSSR count). The van der Waals surface area contributed by atoms with E-state index in [2.05, 4.69) is 5.32 Å². The van der Waals surface area contributed by atoms with Gasteiger partial charge in [-0.05, 0) is 42.2 Å². The third-order valence-electron chi connectivity index (χ3n) is 3.38. The van der Waals surface area contributed by atoms with Crippen LogP contribution in [0.15, 0.2) is 12.1 Å². The highest BCUT2D eigenvalue weighted by Crippen LogP contribution is 2.42. The predicted octanol–water partition coefficient (Wildman–Crippen LogP) is 2.57. The van der Waals surface area contributed by atoms with Crippen LogP contribution in [-0.4, -0.2) is 19.1 Å². The number of hydrogen-bond donors (Lipinski definition) is 1. The van der Waals surface area contributed by atoms with Crippen LogP contribution in [0.4, 0.5) is 0 Å². The van der Waals surface area contributed by atoms with Crippen LogP contribution in [0.25, 0.3) is 0 Å². The molecule has 2 aliphatic rings. The van der Waals surface area contributed by atoms with Crippen LogP contribution in [0, 0.1) is 0 Å². The molecule has 3 heteroatoms. The van der Waals surface area contributed by atoms with Crippen molar-refractivity contribution in [2.24, 2.45) is 0 Å². The second-order valence-electron chi connectivity index (χ2n) is 4.59. The maximum Gasteiger partial charge on any atom is 0.219 e. The van der Waals surface area contributed by atoms with Crippen LogP contribution in [0.1, 0.15) is 58.3 Å². The Bertz CT molecular complexity index is 781. The van der Waals surface area contributed by atoms with E-state index in [4.69, 9.17) is 14.3 Å². The van der Waals surface area contributed by atoms with Gasteiger partial charge >= 0.3 is 0 Å². The summed E-state index contributed by atoms with van der Waals surface area (Å²) < 4.78 is 64.0. The second kappa shape index (κ2) is 5.24. The van der Waals surface area contributed by atoms with Crippen molar-refractivity contribution in [3.63, 3.8) is 0 Å². The first-order valence-electron chi connectivity index (χ1n) is 10.1. The van der Waals surface area contributed by atoms with E-state index in [1.807, 2.05) is 0 Å². The summed E-state index contributed by atoms with van der Waals surface area (Å²) in [5, 5.41) is 2.61. The van der Waals surface area contributed by atoms with Gasteiger partial charge in [0.25, 0.3) is 0 Å². The van der Waals surface area contributed by atoms with Crippen molar-refractivity contribution < 1.29 is 19.1 Å². The first kappa shape index (κ1) is 6.78. The number of amides is 1. The zero-order chi connectivity index (χ0) is 19.5. The van der Waals surface area contributed by atoms with Crippen LogP contribution in [-0.2, 0) is 17.6 Å². The standard InChI is InChI=1S/C16H21NO2/c1-2-15(18)17-9-7-12-4-3-11-5-6-14-13(16(11)12)8-10-19-14/h5-6,12H,2-4,7-10H2,1H3,(H,17,18)/t12-/m0/s1/i3D2,4D2,5D,6D,12D. The zero-order valence-corrected chi connectivity index (χ0v) is 10.9. The fourth-order valence-corrected chi connectivity index (χ4v) is 2.41. The lowest BCUT2D eigenvalue weighted by molar-refractivity contribution is -0.120. The number of nitrogens with one attached hydrogen (secondary N) is 1. The molecule has 0 saturated heterocycles. The number of carbonyl (C=O) groups excluding carboxylic acids is 1. The molecule has 0 saturated carbocycles. The van der Waals surface area contributed by atoms with E-state index in [-0.39, 0.29) is 54.8 Å². The second-order valence-corrected chi connectivity index (χ2v) is 4.59. The molecule has 0 aromatic heterocycles. The van der Waals surface area contributed by atoms with Crippen LogP contribution in [0.3, 0.4) is 0 Å². The molecule has 1 atom stereocenters. The lowest BCUT2D eigenvalue weighted by Gasteiger charge is -2.15. The molecule has 1 aliphatic heterocycles. The van der Waals surface area contributed by atoms with Crippen molar-refractivity contribution in [3.05, 3.63) is 28.8 Å². The summed E-state index contributed by atoms with van der Waals surface area (Å²) in [5.74, 6) is -2.07. The van der Waals surface area contributed by atoms with Crippen LogP contribution in [0.5, 0.6) is 5.75 Å². The molecule has 102 valence electrons. The molecular weight excluding hydrogens is 238 g/mol. The van der Waals surface area contributed by atoms with Crippen molar-refractivity contribution in [1.82, 2.24) is 5.32 Å². The minimum Gasteiger partial charge on any atom is -0.493 e. The van der Waals surface area contributed by atoms with E-state index < -0.39 is 24.7 Å². The Balaban J connectivity index is 2.18. The number of benzene rings is 1. The minimum atomic E-state index is -2.63. The molecule has 1 aromatic carbocycles. The van der Waals surface area contributed by atoms with Crippen LogP contribution < -0.4 is 10.1 Å². The van der Waals surface area contributed by atoms with Gasteiger partial charge in [0.05, 0.1) is 9.35 Å². The fourth-order valence-electron chi connectivity index (χ4n) is 2.41. The van der Waals surface area contributed by atoms with Crippen molar-refractivity contribution in [1.29, 1.82) is 0 Å². The first-order valence-corrected chi connectivity index (χ1v) is 6.57. The molecule has 3 nitrogen and oxygen atoms in total. The lowest BCUT2D eigenvalue weighted by atomic mass is 9.92. The third kappa shape index (κ3) is 2.34. The van der Waals surface area contributed by atoms with Crippen molar-refractivity contribution in [3.8, 4) is 5.75 Å². The van der Waals surface area contributed by atoms with Gasteiger partial charge in [-0.25, -0.2) is 0 Å². The maximum absolute atomic E-state index is 11.5. The highest BCUT2D eigenvalue weighted by Gasteiger charge is 2.29. The van der Waals surface area contributed by atoms with E-state index in [0.29, 0.717) is 12.0 Å². The molecule has 0 bridgehead atoms. The van der Waals surface area contributed by atoms with Crippen molar-refractivity contribution in [2.75, 3.05) is 13.2 Å². The number of fused-ring (bicyclic) bond motifs is 3. The van der Waals surface area contributed by atoms with E-state index in [1.54, 1.807) is 6.92 Å². The van der Waals surface area contributed by atoms with Crippen molar-refractivity contribution >= 4 is 5.91 Å². The Morgan fingerprint density at radius 2 is 2.58 bits per heavy atom. The van der Waals surface area contributed by atoms with Gasteiger partial charge in [-0.15, -0.1) is 0 Å². The average molecular weight is 266 g/mol. The molecule has 1 N–H and O–H groups in total. The quantitative estimate of drug-likeness (QED) is 0.909. The summed E-state index contributed by atoms with van der Waals surface area (Å²) >= 11 is 0. The van der Waals surface area contributed by atoms with Crippen LogP contribution in [0.2, 0.25) is 0 Å². The Labute approximate surface area is 124 Å². The molecule has 0 spiro atoms. The maximum atomic E-state index is 11.5. The third-order valence-corrected chi connectivity index (χ3v) is 3.38. The van der Waals surface area contributed by atoms with Gasteiger partial charge in [-0.2, -0.15) is 0 Å². The van der Waals surface area contributed by atoms with E-state index in [0.717, 1.165) is 0 Å². The average Bonchev–Trinajstić information content (AvgIpc) is 3.09. The number of rotatable bonds is 4. The van der Waals surface area contributed by atoms with Gasteiger partial charge in [-0.3, -0.25) is 4.79 Å². The monoisotopic (exact) mass is 266 g/mol. The Morgan fingerprint density at radius 3 is 3.42 bits per heavy atom. The summed E-state index contributed by atoms with van der Waals surface area (Å²) in [5.41, 5.74) is 0.336. The summed E-state index contributed by atoms with van der Waals surface area (Å²) in [6.45, 7) is 1.96. The topological polar surface area (TPSA) is 38.3 Å². The number of hydrogen-bond acceptors (Lipinski definition) is 2. The molecule has 19 heavy (non-hydrogen) atoms. The highest BCUT2D eigenvalue weighted by molar-refractivity contribution is 5.75. The molecule has 1 aromatic rings. The zero-order valence-electron chi connectivity index (χ0n) is 17.9. The van der Waals surface area contributed by atoms with Gasteiger partial charge in [0, 0.05) is 31.8 Å². The molecule has 0 unspecified atom stereocenters. The Morgan fingerprint density at radius 1 is 1.68 bits per heavy atom. The molecule has 1 amide bonds. The molecule has 1 aliphatic carbocycles. The van der Waals surface area contributed by atoms with E-state index in [9.17, 15) is 4.79 Å². The largest absolute Gasteiger partial charge is 0.493 e. The summed E-state index contributed by atoms with van der Waals surface area (Å²) in [4.78, 5) is 11.5. The molecule has 0 fully saturated rings. The molecule has 0 radical (unpaired) electrons. The van der Waals surface area contributed by atoms with Crippen LogP contribution >= 0.6 is 0 Å². The summed E-state index contributed by atoms with van der Waals surface area (Å²) in [6.07, 6.45) is -4.75. The lowest BCUT2D eigenvalue weighted by Crippen LogP contribution is -2.24. The van der Waals surface area contributed by atoms with E-state index >= 15 is 0 Å². The fraction of sp³-hybridized carbons (Fsp3) is 0.562. The van der Waals surface area contributed by atoms with Gasteiger partial charge in [0.1, 0.15) is 5.75 Å².